The second kappa shape index (κ2) is 18.5. The second-order valence-electron chi connectivity index (χ2n) is 17.1. The molecule has 8 nitrogen and oxygen atoms in total. The Morgan fingerprint density at radius 3 is 1.81 bits per heavy atom. The molecule has 0 fully saturated rings. The number of para-hydroxylation sites is 2. The van der Waals surface area contributed by atoms with Crippen LogP contribution in [0.1, 0.15) is 115 Å². The van der Waals surface area contributed by atoms with Crippen LogP contribution in [0.25, 0.3) is 84.0 Å². The molecule has 64 heavy (non-hydrogen) atoms. The fraction of sp³-hybridized carbons (Fsp3) is 0.360. The van der Waals surface area contributed by atoms with Crippen LogP contribution in [0.2, 0.25) is 0 Å². The Morgan fingerprint density at radius 2 is 1.23 bits per heavy atom. The summed E-state index contributed by atoms with van der Waals surface area (Å²) in [6.45, 7) is 16.6. The van der Waals surface area contributed by atoms with Crippen LogP contribution in [0, 0.1) is 11.8 Å². The molecule has 7 heterocycles. The SMILES string of the molecule is C=C(SC1=C(C)C(CC(CC)CCCC)(CC(CC)CCCC)c2cc(-c3ncc(-c4nc5ccccc5s4)c4nsnc34)sc21)c1ncc(-c2nc3ccccc3s2)c2nsnc12. The Bertz CT molecular complexity index is 3100. The molecule has 0 N–H and O–H groups in total. The average Bonchev–Trinajstić information content (AvgIpc) is 4.19. The summed E-state index contributed by atoms with van der Waals surface area (Å²) in [5.41, 5.74) is 11.6. The van der Waals surface area contributed by atoms with Crippen molar-refractivity contribution in [3.05, 3.63) is 95.3 Å². The van der Waals surface area contributed by atoms with Crippen molar-refractivity contribution in [1.82, 2.24) is 37.4 Å². The Hall–Kier alpha value is -4.31. The first kappa shape index (κ1) is 43.6. The molecule has 0 amide bonds. The summed E-state index contributed by atoms with van der Waals surface area (Å²) < 4.78 is 21.8. The molecule has 10 rings (SSSR count). The molecule has 2 atom stereocenters. The Balaban J connectivity index is 1.09. The minimum Gasteiger partial charge on any atom is -0.252 e. The first-order chi connectivity index (χ1) is 31.3. The van der Waals surface area contributed by atoms with Gasteiger partial charge in [-0.25, -0.2) is 9.97 Å². The summed E-state index contributed by atoms with van der Waals surface area (Å²) in [4.78, 5) is 24.9. The molecule has 0 aliphatic heterocycles. The largest absolute Gasteiger partial charge is 0.252 e. The quantitative estimate of drug-likeness (QED) is 0.0832. The number of aromatic nitrogens is 8. The van der Waals surface area contributed by atoms with Gasteiger partial charge < -0.3 is 0 Å². The molecule has 0 spiro atoms. The smallest absolute Gasteiger partial charge is 0.132 e. The summed E-state index contributed by atoms with van der Waals surface area (Å²) in [5, 5.41) is 1.82. The van der Waals surface area contributed by atoms with Crippen LogP contribution in [0.3, 0.4) is 0 Å². The van der Waals surface area contributed by atoms with Crippen LogP contribution in [-0.4, -0.2) is 37.4 Å². The van der Waals surface area contributed by atoms with Gasteiger partial charge in [0.05, 0.1) is 59.9 Å². The second-order valence-corrected chi connectivity index (χ2v) is 22.4. The van der Waals surface area contributed by atoms with E-state index in [9.17, 15) is 0 Å². The lowest BCUT2D eigenvalue weighted by Crippen LogP contribution is -2.31. The van der Waals surface area contributed by atoms with Gasteiger partial charge in [-0.2, -0.15) is 17.5 Å². The third-order valence-electron chi connectivity index (χ3n) is 13.2. The molecule has 9 aromatic rings. The first-order valence-electron chi connectivity index (χ1n) is 22.5. The van der Waals surface area contributed by atoms with E-state index < -0.39 is 0 Å². The summed E-state index contributed by atoms with van der Waals surface area (Å²) in [6.07, 6.45) is 15.9. The van der Waals surface area contributed by atoms with E-state index in [1.54, 1.807) is 34.4 Å². The zero-order chi connectivity index (χ0) is 44.0. The van der Waals surface area contributed by atoms with Gasteiger partial charge in [-0.05, 0) is 73.1 Å². The number of benzene rings is 2. The predicted molar refractivity (Wildman–Crippen MR) is 278 cm³/mol. The third kappa shape index (κ3) is 7.85. The number of hydrogen-bond acceptors (Lipinski definition) is 14. The van der Waals surface area contributed by atoms with E-state index in [2.05, 4.69) is 77.1 Å². The maximum absolute atomic E-state index is 5.23. The maximum Gasteiger partial charge on any atom is 0.132 e. The summed E-state index contributed by atoms with van der Waals surface area (Å²) in [6, 6.07) is 19.0. The predicted octanol–water partition coefficient (Wildman–Crippen LogP) is 16.4. The van der Waals surface area contributed by atoms with Crippen molar-refractivity contribution < 1.29 is 0 Å². The van der Waals surface area contributed by atoms with E-state index in [4.69, 9.17) is 44.0 Å². The molecule has 326 valence electrons. The lowest BCUT2D eigenvalue weighted by molar-refractivity contribution is 0.261. The molecule has 0 saturated heterocycles. The Labute approximate surface area is 399 Å². The molecule has 7 aromatic heterocycles. The number of pyridine rings is 2. The fourth-order valence-corrected chi connectivity index (χ4v) is 15.2. The van der Waals surface area contributed by atoms with Gasteiger partial charge in [-0.15, -0.1) is 34.0 Å². The molecule has 2 unspecified atom stereocenters. The zero-order valence-corrected chi connectivity index (χ0v) is 41.7. The summed E-state index contributed by atoms with van der Waals surface area (Å²) in [7, 11) is 0. The van der Waals surface area contributed by atoms with Gasteiger partial charge in [0.2, 0.25) is 0 Å². The lowest BCUT2D eigenvalue weighted by Gasteiger charge is -2.39. The van der Waals surface area contributed by atoms with Gasteiger partial charge in [0.15, 0.2) is 0 Å². The van der Waals surface area contributed by atoms with Crippen molar-refractivity contribution >= 4 is 122 Å². The summed E-state index contributed by atoms with van der Waals surface area (Å²) in [5.74, 6) is 1.22. The molecular formula is C50H50N8S6. The zero-order valence-electron chi connectivity index (χ0n) is 36.8. The van der Waals surface area contributed by atoms with Crippen molar-refractivity contribution in [2.24, 2.45) is 11.8 Å². The molecule has 1 aliphatic carbocycles. The van der Waals surface area contributed by atoms with Gasteiger partial charge in [-0.3, -0.25) is 9.97 Å². The minimum atomic E-state index is -0.127. The van der Waals surface area contributed by atoms with Crippen LogP contribution in [-0.2, 0) is 5.41 Å². The van der Waals surface area contributed by atoms with Crippen LogP contribution in [0.15, 0.2) is 79.1 Å². The van der Waals surface area contributed by atoms with E-state index in [1.807, 2.05) is 35.9 Å². The maximum atomic E-state index is 5.23. The number of allylic oxidation sites excluding steroid dienone is 1. The molecular weight excluding hydrogens is 905 g/mol. The Kier molecular flexibility index (Phi) is 12.6. The van der Waals surface area contributed by atoms with Gasteiger partial charge in [0, 0.05) is 32.5 Å². The highest BCUT2D eigenvalue weighted by atomic mass is 32.2. The molecule has 0 radical (unpaired) electrons. The van der Waals surface area contributed by atoms with E-state index >= 15 is 0 Å². The van der Waals surface area contributed by atoms with Crippen LogP contribution in [0.5, 0.6) is 0 Å². The Morgan fingerprint density at radius 1 is 0.688 bits per heavy atom. The van der Waals surface area contributed by atoms with Crippen molar-refractivity contribution in [3.63, 3.8) is 0 Å². The molecule has 2 aromatic carbocycles. The monoisotopic (exact) mass is 954 g/mol. The van der Waals surface area contributed by atoms with E-state index in [1.165, 1.54) is 95.7 Å². The first-order valence-corrected chi connectivity index (χ1v) is 27.2. The number of thiophene rings is 1. The fourth-order valence-electron chi connectivity index (χ4n) is 9.61. The lowest BCUT2D eigenvalue weighted by atomic mass is 9.65. The van der Waals surface area contributed by atoms with E-state index in [0.29, 0.717) is 11.8 Å². The van der Waals surface area contributed by atoms with Crippen LogP contribution >= 0.6 is 69.2 Å². The number of nitrogens with zero attached hydrogens (tertiary/aromatic N) is 8. The standard InChI is InChI=1S/C50H50N8S6/c1-7-11-17-30(9-3)24-50(25-31(10-4)18-12-8-2)28(5)46(59-29(6)40-44-41(55-63-57-44)32(26-51-40)48-53-35-19-13-15-21-37(35)61-48)47-34(50)23-39(60-47)43-45-42(56-64-58-45)33(27-52-43)49-54-36-20-14-16-22-38(36)62-49/h13-16,19-23,26-27,30-31H,6-12,17-18,24-25H2,1-5H3. The highest BCUT2D eigenvalue weighted by Crippen LogP contribution is 2.62. The molecule has 14 heteroatoms. The molecule has 0 saturated carbocycles. The topological polar surface area (TPSA) is 103 Å². The minimum absolute atomic E-state index is 0.127. The van der Waals surface area contributed by atoms with Crippen LogP contribution in [0.4, 0.5) is 0 Å². The van der Waals surface area contributed by atoms with Crippen molar-refractivity contribution in [2.45, 2.75) is 104 Å². The highest BCUT2D eigenvalue weighted by molar-refractivity contribution is 8.16. The third-order valence-corrected chi connectivity index (χ3v) is 18.9. The van der Waals surface area contributed by atoms with E-state index in [0.717, 1.165) is 97.7 Å². The van der Waals surface area contributed by atoms with Gasteiger partial charge in [-0.1, -0.05) is 122 Å². The number of rotatable bonds is 18. The number of hydrogen-bond donors (Lipinski definition) is 0. The molecule has 0 bridgehead atoms. The van der Waals surface area contributed by atoms with Crippen molar-refractivity contribution in [2.75, 3.05) is 0 Å². The molecule has 1 aliphatic rings. The van der Waals surface area contributed by atoms with Crippen LogP contribution < -0.4 is 0 Å². The number of thiazole rings is 2. The number of unbranched alkanes of at least 4 members (excludes halogenated alkanes) is 2. The highest BCUT2D eigenvalue weighted by Gasteiger charge is 2.47. The normalized spacial score (nSPS) is 16.2. The van der Waals surface area contributed by atoms with Gasteiger partial charge >= 0.3 is 0 Å². The van der Waals surface area contributed by atoms with Crippen molar-refractivity contribution in [3.8, 4) is 31.7 Å². The van der Waals surface area contributed by atoms with Gasteiger partial charge in [0.1, 0.15) is 43.5 Å². The van der Waals surface area contributed by atoms with Gasteiger partial charge in [0.25, 0.3) is 0 Å². The average molecular weight is 955 g/mol. The number of thioether (sulfide) groups is 1. The van der Waals surface area contributed by atoms with Crippen molar-refractivity contribution in [1.29, 1.82) is 0 Å². The van der Waals surface area contributed by atoms with E-state index in [-0.39, 0.29) is 5.41 Å². The number of fused-ring (bicyclic) bond motifs is 5. The summed E-state index contributed by atoms with van der Waals surface area (Å²) >= 11 is 9.42.